The van der Waals surface area contributed by atoms with Crippen LogP contribution in [0.15, 0.2) is 24.3 Å². The molecule has 1 aromatic carbocycles. The molecule has 3 aliphatic rings. The molecule has 0 bridgehead atoms. The second-order valence-electron chi connectivity index (χ2n) is 12.5. The molecule has 218 valence electrons. The van der Waals surface area contributed by atoms with E-state index in [4.69, 9.17) is 10.5 Å². The maximum absolute atomic E-state index is 14.2. The van der Waals surface area contributed by atoms with Gasteiger partial charge >= 0.3 is 6.09 Å². The Bertz CT molecular complexity index is 1160. The van der Waals surface area contributed by atoms with Gasteiger partial charge in [0.05, 0.1) is 12.6 Å². The first-order chi connectivity index (χ1) is 18.9. The van der Waals surface area contributed by atoms with E-state index in [9.17, 15) is 24.0 Å². The summed E-state index contributed by atoms with van der Waals surface area (Å²) in [6, 6.07) is 5.21. The van der Waals surface area contributed by atoms with Crippen molar-refractivity contribution in [1.29, 1.82) is 0 Å². The largest absolute Gasteiger partial charge is 0.449 e. The highest BCUT2D eigenvalue weighted by Crippen LogP contribution is 2.65. The van der Waals surface area contributed by atoms with Crippen molar-refractivity contribution in [2.45, 2.75) is 78.4 Å². The first kappa shape index (κ1) is 29.6. The average molecular weight is 555 g/mol. The molecule has 40 heavy (non-hydrogen) atoms. The molecule has 5 atom stereocenters. The molecule has 10 heteroatoms. The molecule has 1 aromatic rings. The van der Waals surface area contributed by atoms with Crippen LogP contribution in [0.2, 0.25) is 0 Å². The molecule has 4 amide bonds. The summed E-state index contributed by atoms with van der Waals surface area (Å²) in [4.78, 5) is 66.3. The highest BCUT2D eigenvalue weighted by atomic mass is 16.5. The molecule has 10 nitrogen and oxygen atoms in total. The van der Waals surface area contributed by atoms with Crippen molar-refractivity contribution in [1.82, 2.24) is 15.5 Å². The average Bonchev–Trinajstić information content (AvgIpc) is 3.28. The molecule has 2 aliphatic carbocycles. The number of likely N-dealkylation sites (tertiary alicyclic amines) is 1. The summed E-state index contributed by atoms with van der Waals surface area (Å²) in [5.74, 6) is -2.83. The molecule has 1 aliphatic heterocycles. The summed E-state index contributed by atoms with van der Waals surface area (Å²) in [5.41, 5.74) is 7.34. The SMILES string of the molecule is CCCC(NC(=O)C1C2C(CN1C(=O)C(NC(=O)OCC(C)C)C1Cc3ccccc3C1)C2(C)C)C(=O)C(N)=O. The number of rotatable bonds is 11. The topological polar surface area (TPSA) is 148 Å². The number of amides is 4. The Hall–Kier alpha value is -3.43. The van der Waals surface area contributed by atoms with Gasteiger partial charge in [-0.05, 0) is 59.5 Å². The molecule has 2 fully saturated rings. The molecule has 1 saturated carbocycles. The van der Waals surface area contributed by atoms with Gasteiger partial charge in [-0.2, -0.15) is 0 Å². The molecule has 1 heterocycles. The molecular formula is C30H42N4O6. The van der Waals surface area contributed by atoms with Crippen molar-refractivity contribution in [3.05, 3.63) is 35.4 Å². The summed E-state index contributed by atoms with van der Waals surface area (Å²) < 4.78 is 5.37. The Balaban J connectivity index is 1.58. The van der Waals surface area contributed by atoms with Crippen molar-refractivity contribution in [2.75, 3.05) is 13.2 Å². The molecule has 0 aromatic heterocycles. The van der Waals surface area contributed by atoms with E-state index >= 15 is 0 Å². The Labute approximate surface area is 235 Å². The normalized spacial score (nSPS) is 24.1. The third kappa shape index (κ3) is 5.86. The number of nitrogens with one attached hydrogen (secondary N) is 2. The Morgan fingerprint density at radius 3 is 2.25 bits per heavy atom. The van der Waals surface area contributed by atoms with Gasteiger partial charge < -0.3 is 26.0 Å². The number of hydrogen-bond acceptors (Lipinski definition) is 6. The van der Waals surface area contributed by atoms with E-state index in [1.807, 2.05) is 45.0 Å². The number of Topliss-reactive ketones (excluding diaryl/α,β-unsaturated/α-hetero) is 1. The number of carbonyl (C=O) groups is 5. The predicted octanol–water partition coefficient (Wildman–Crippen LogP) is 1.97. The second-order valence-corrected chi connectivity index (χ2v) is 12.5. The van der Waals surface area contributed by atoms with Gasteiger partial charge in [0.15, 0.2) is 0 Å². The van der Waals surface area contributed by atoms with E-state index < -0.39 is 41.8 Å². The number of piperidine rings is 1. The summed E-state index contributed by atoms with van der Waals surface area (Å²) in [7, 11) is 0. The Morgan fingerprint density at radius 2 is 1.70 bits per heavy atom. The van der Waals surface area contributed by atoms with Gasteiger partial charge in [0.1, 0.15) is 12.1 Å². The lowest BCUT2D eigenvalue weighted by Gasteiger charge is -2.35. The van der Waals surface area contributed by atoms with Crippen LogP contribution in [0.3, 0.4) is 0 Å². The molecule has 4 rings (SSSR count). The summed E-state index contributed by atoms with van der Waals surface area (Å²) in [5, 5.41) is 5.55. The molecule has 0 radical (unpaired) electrons. The van der Waals surface area contributed by atoms with Crippen molar-refractivity contribution in [2.24, 2.45) is 34.8 Å². The zero-order chi connectivity index (χ0) is 29.4. The quantitative estimate of drug-likeness (QED) is 0.356. The number of benzene rings is 1. The van der Waals surface area contributed by atoms with Gasteiger partial charge in [-0.1, -0.05) is 65.3 Å². The lowest BCUT2D eigenvalue weighted by atomic mass is 9.93. The van der Waals surface area contributed by atoms with Gasteiger partial charge in [0, 0.05) is 6.54 Å². The maximum Gasteiger partial charge on any atom is 0.407 e. The van der Waals surface area contributed by atoms with Crippen LogP contribution in [0.4, 0.5) is 4.79 Å². The maximum atomic E-state index is 14.2. The fraction of sp³-hybridized carbons (Fsp3) is 0.633. The van der Waals surface area contributed by atoms with Crippen LogP contribution in [-0.2, 0) is 36.8 Å². The number of nitrogens with zero attached hydrogens (tertiary/aromatic N) is 1. The summed E-state index contributed by atoms with van der Waals surface area (Å²) >= 11 is 0. The third-order valence-electron chi connectivity index (χ3n) is 8.85. The minimum absolute atomic E-state index is 0.100. The smallest absolute Gasteiger partial charge is 0.407 e. The van der Waals surface area contributed by atoms with E-state index in [2.05, 4.69) is 24.5 Å². The highest BCUT2D eigenvalue weighted by molar-refractivity contribution is 6.37. The molecule has 4 N–H and O–H groups in total. The lowest BCUT2D eigenvalue weighted by Crippen LogP contribution is -2.59. The van der Waals surface area contributed by atoms with Gasteiger partial charge in [0.2, 0.25) is 17.6 Å². The van der Waals surface area contributed by atoms with Crippen LogP contribution in [0.1, 0.15) is 58.6 Å². The monoisotopic (exact) mass is 554 g/mol. The molecule has 1 saturated heterocycles. The van der Waals surface area contributed by atoms with E-state index in [0.717, 1.165) is 11.1 Å². The Morgan fingerprint density at radius 1 is 1.07 bits per heavy atom. The number of nitrogens with two attached hydrogens (primary N) is 1. The van der Waals surface area contributed by atoms with E-state index in [0.29, 0.717) is 25.8 Å². The zero-order valence-corrected chi connectivity index (χ0v) is 24.1. The number of alkyl carbamates (subject to hydrolysis) is 1. The molecule has 0 spiro atoms. The number of hydrogen-bond donors (Lipinski definition) is 3. The van der Waals surface area contributed by atoms with Gasteiger partial charge in [-0.3, -0.25) is 19.2 Å². The summed E-state index contributed by atoms with van der Waals surface area (Å²) in [6.07, 6.45) is 1.39. The van der Waals surface area contributed by atoms with Crippen molar-refractivity contribution >= 4 is 29.6 Å². The van der Waals surface area contributed by atoms with Gasteiger partial charge in [-0.25, -0.2) is 4.79 Å². The fourth-order valence-corrected chi connectivity index (χ4v) is 6.60. The Kier molecular flexibility index (Phi) is 8.56. The number of primary amides is 1. The lowest BCUT2D eigenvalue weighted by molar-refractivity contribution is -0.144. The van der Waals surface area contributed by atoms with E-state index in [1.165, 1.54) is 0 Å². The first-order valence-electron chi connectivity index (χ1n) is 14.3. The minimum Gasteiger partial charge on any atom is -0.449 e. The zero-order valence-electron chi connectivity index (χ0n) is 24.1. The number of ether oxygens (including phenoxy) is 1. The van der Waals surface area contributed by atoms with Crippen molar-refractivity contribution in [3.63, 3.8) is 0 Å². The highest BCUT2D eigenvalue weighted by Gasteiger charge is 2.69. The van der Waals surface area contributed by atoms with Crippen LogP contribution in [-0.4, -0.2) is 65.8 Å². The van der Waals surface area contributed by atoms with Crippen molar-refractivity contribution in [3.8, 4) is 0 Å². The van der Waals surface area contributed by atoms with Gasteiger partial charge in [-0.15, -0.1) is 0 Å². The van der Waals surface area contributed by atoms with Crippen molar-refractivity contribution < 1.29 is 28.7 Å². The van der Waals surface area contributed by atoms with E-state index in [-0.39, 0.29) is 48.0 Å². The predicted molar refractivity (Wildman–Crippen MR) is 148 cm³/mol. The van der Waals surface area contributed by atoms with Crippen LogP contribution in [0.5, 0.6) is 0 Å². The van der Waals surface area contributed by atoms with Gasteiger partial charge in [0.25, 0.3) is 5.91 Å². The minimum atomic E-state index is -1.10. The number of carbonyl (C=O) groups excluding carboxylic acids is 5. The molecular weight excluding hydrogens is 512 g/mol. The number of ketones is 1. The number of fused-ring (bicyclic) bond motifs is 2. The summed E-state index contributed by atoms with van der Waals surface area (Å²) in [6.45, 7) is 10.4. The fourth-order valence-electron chi connectivity index (χ4n) is 6.60. The third-order valence-corrected chi connectivity index (χ3v) is 8.85. The molecule has 5 unspecified atom stereocenters. The second kappa shape index (κ2) is 11.6. The van der Waals surface area contributed by atoms with Crippen LogP contribution < -0.4 is 16.4 Å². The standard InChI is InChI=1S/C30H42N4O6/c1-6-9-21(25(35)26(31)36)32-27(37)24-22-20(30(22,4)5)14-34(24)28(38)23(33-29(39)40-15-16(2)3)19-12-17-10-7-8-11-18(17)13-19/h7-8,10-11,16,19-24H,6,9,12-15H2,1-5H3,(H2,31,36)(H,32,37)(H,33,39). The first-order valence-corrected chi connectivity index (χ1v) is 14.3. The van der Waals surface area contributed by atoms with Crippen LogP contribution in [0, 0.1) is 29.1 Å². The van der Waals surface area contributed by atoms with E-state index in [1.54, 1.807) is 4.90 Å². The van der Waals surface area contributed by atoms with Crippen LogP contribution >= 0.6 is 0 Å². The van der Waals surface area contributed by atoms with Crippen LogP contribution in [0.25, 0.3) is 0 Å².